The predicted molar refractivity (Wildman–Crippen MR) is 91.4 cm³/mol. The van der Waals surface area contributed by atoms with Crippen molar-refractivity contribution >= 4 is 5.91 Å². The van der Waals surface area contributed by atoms with E-state index in [4.69, 9.17) is 0 Å². The quantitative estimate of drug-likeness (QED) is 0.849. The SMILES string of the molecule is O=C(Cc1cccnc1)N1CCC[C@H](c2nccn2CC2CC2)C1. The normalized spacial score (nSPS) is 21.0. The first-order chi connectivity index (χ1) is 11.8. The largest absolute Gasteiger partial charge is 0.342 e. The molecule has 2 aromatic rings. The van der Waals surface area contributed by atoms with Crippen molar-refractivity contribution < 1.29 is 4.79 Å². The first kappa shape index (κ1) is 15.4. The Morgan fingerprint density at radius 1 is 1.25 bits per heavy atom. The molecule has 0 unspecified atom stereocenters. The molecule has 1 atom stereocenters. The highest BCUT2D eigenvalue weighted by molar-refractivity contribution is 5.78. The summed E-state index contributed by atoms with van der Waals surface area (Å²) in [6, 6.07) is 3.85. The average Bonchev–Trinajstić information content (AvgIpc) is 3.31. The molecule has 0 bridgehead atoms. The molecule has 1 saturated carbocycles. The molecule has 1 aliphatic heterocycles. The number of amides is 1. The van der Waals surface area contributed by atoms with Crippen molar-refractivity contribution in [1.29, 1.82) is 0 Å². The number of piperidine rings is 1. The smallest absolute Gasteiger partial charge is 0.227 e. The van der Waals surface area contributed by atoms with Gasteiger partial charge in [-0.3, -0.25) is 9.78 Å². The Hall–Kier alpha value is -2.17. The summed E-state index contributed by atoms with van der Waals surface area (Å²) in [7, 11) is 0. The topological polar surface area (TPSA) is 51.0 Å². The number of likely N-dealkylation sites (tertiary alicyclic amines) is 1. The lowest BCUT2D eigenvalue weighted by molar-refractivity contribution is -0.131. The molecule has 5 nitrogen and oxygen atoms in total. The van der Waals surface area contributed by atoms with Crippen LogP contribution in [0.1, 0.15) is 43.0 Å². The van der Waals surface area contributed by atoms with Gasteiger partial charge in [-0.25, -0.2) is 4.98 Å². The van der Waals surface area contributed by atoms with E-state index in [9.17, 15) is 4.79 Å². The Kier molecular flexibility index (Phi) is 4.32. The predicted octanol–water partition coefficient (Wildman–Crippen LogP) is 2.64. The maximum atomic E-state index is 12.6. The third-order valence-corrected chi connectivity index (χ3v) is 5.12. The van der Waals surface area contributed by atoms with Gasteiger partial charge >= 0.3 is 0 Å². The van der Waals surface area contributed by atoms with Crippen LogP contribution in [0.15, 0.2) is 36.9 Å². The van der Waals surface area contributed by atoms with Crippen LogP contribution in [0.2, 0.25) is 0 Å². The number of nitrogens with zero attached hydrogens (tertiary/aromatic N) is 4. The highest BCUT2D eigenvalue weighted by Crippen LogP contribution is 2.33. The van der Waals surface area contributed by atoms with Crippen molar-refractivity contribution in [3.8, 4) is 0 Å². The number of carbonyl (C=O) groups is 1. The Morgan fingerprint density at radius 2 is 2.17 bits per heavy atom. The van der Waals surface area contributed by atoms with E-state index < -0.39 is 0 Å². The lowest BCUT2D eigenvalue weighted by Gasteiger charge is -2.33. The average molecular weight is 324 g/mol. The van der Waals surface area contributed by atoms with Crippen LogP contribution in [0.5, 0.6) is 0 Å². The Bertz CT molecular complexity index is 692. The van der Waals surface area contributed by atoms with E-state index >= 15 is 0 Å². The van der Waals surface area contributed by atoms with Gasteiger partial charge in [-0.2, -0.15) is 0 Å². The third-order valence-electron chi connectivity index (χ3n) is 5.12. The van der Waals surface area contributed by atoms with Crippen LogP contribution in [0.25, 0.3) is 0 Å². The number of carbonyl (C=O) groups excluding carboxylic acids is 1. The van der Waals surface area contributed by atoms with Crippen molar-refractivity contribution in [2.75, 3.05) is 13.1 Å². The van der Waals surface area contributed by atoms with Gasteiger partial charge in [0.15, 0.2) is 0 Å². The molecule has 3 heterocycles. The van der Waals surface area contributed by atoms with Crippen molar-refractivity contribution in [1.82, 2.24) is 19.4 Å². The van der Waals surface area contributed by atoms with Crippen LogP contribution >= 0.6 is 0 Å². The fourth-order valence-electron chi connectivity index (χ4n) is 3.62. The maximum Gasteiger partial charge on any atom is 0.227 e. The molecule has 126 valence electrons. The number of hydrogen-bond donors (Lipinski definition) is 0. The molecule has 2 fully saturated rings. The molecule has 4 rings (SSSR count). The fourth-order valence-corrected chi connectivity index (χ4v) is 3.62. The highest BCUT2D eigenvalue weighted by atomic mass is 16.2. The van der Waals surface area contributed by atoms with E-state index in [-0.39, 0.29) is 5.91 Å². The summed E-state index contributed by atoms with van der Waals surface area (Å²) >= 11 is 0. The summed E-state index contributed by atoms with van der Waals surface area (Å²) in [4.78, 5) is 23.4. The molecule has 0 spiro atoms. The zero-order chi connectivity index (χ0) is 16.4. The second kappa shape index (κ2) is 6.75. The summed E-state index contributed by atoms with van der Waals surface area (Å²) in [5.74, 6) is 2.57. The van der Waals surface area contributed by atoms with Gasteiger partial charge in [0.1, 0.15) is 5.82 Å². The standard InChI is InChI=1S/C19H24N4O/c24-18(11-16-3-1-7-20-12-16)22-9-2-4-17(14-22)19-21-8-10-23(19)13-15-5-6-15/h1,3,7-8,10,12,15,17H,2,4-6,9,11,13-14H2/t17-/m0/s1. The van der Waals surface area contributed by atoms with Gasteiger partial charge in [0.05, 0.1) is 6.42 Å². The zero-order valence-corrected chi connectivity index (χ0v) is 14.0. The van der Waals surface area contributed by atoms with Gasteiger partial charge < -0.3 is 9.47 Å². The first-order valence-corrected chi connectivity index (χ1v) is 8.97. The van der Waals surface area contributed by atoms with Crippen molar-refractivity contribution in [2.45, 2.75) is 44.6 Å². The van der Waals surface area contributed by atoms with Gasteiger partial charge in [-0.05, 0) is 43.2 Å². The fraction of sp³-hybridized carbons (Fsp3) is 0.526. The monoisotopic (exact) mass is 324 g/mol. The molecule has 2 aromatic heterocycles. The van der Waals surface area contributed by atoms with Crippen molar-refractivity contribution in [3.05, 3.63) is 48.3 Å². The molecule has 24 heavy (non-hydrogen) atoms. The molecule has 0 radical (unpaired) electrons. The second-order valence-corrected chi connectivity index (χ2v) is 7.10. The molecule has 2 aliphatic rings. The summed E-state index contributed by atoms with van der Waals surface area (Å²) in [6.45, 7) is 2.75. The lowest BCUT2D eigenvalue weighted by atomic mass is 9.96. The van der Waals surface area contributed by atoms with E-state index in [1.54, 1.807) is 12.4 Å². The minimum atomic E-state index is 0.202. The minimum absolute atomic E-state index is 0.202. The van der Waals surface area contributed by atoms with E-state index in [2.05, 4.69) is 20.7 Å². The van der Waals surface area contributed by atoms with Crippen LogP contribution in [0.3, 0.4) is 0 Å². The number of rotatable bonds is 5. The molecular weight excluding hydrogens is 300 g/mol. The molecular formula is C19H24N4O. The van der Waals surface area contributed by atoms with Crippen molar-refractivity contribution in [3.63, 3.8) is 0 Å². The van der Waals surface area contributed by atoms with Crippen LogP contribution in [-0.2, 0) is 17.8 Å². The second-order valence-electron chi connectivity index (χ2n) is 7.10. The molecule has 1 saturated heterocycles. The first-order valence-electron chi connectivity index (χ1n) is 8.97. The summed E-state index contributed by atoms with van der Waals surface area (Å²) < 4.78 is 2.32. The van der Waals surface area contributed by atoms with Gasteiger partial charge in [0.25, 0.3) is 0 Å². The molecule has 1 amide bonds. The highest BCUT2D eigenvalue weighted by Gasteiger charge is 2.29. The van der Waals surface area contributed by atoms with Gasteiger partial charge in [0, 0.05) is 50.3 Å². The summed E-state index contributed by atoms with van der Waals surface area (Å²) in [6.07, 6.45) is 12.8. The minimum Gasteiger partial charge on any atom is -0.342 e. The van der Waals surface area contributed by atoms with Crippen LogP contribution in [0, 0.1) is 5.92 Å². The van der Waals surface area contributed by atoms with E-state index in [1.807, 2.05) is 23.2 Å². The maximum absolute atomic E-state index is 12.6. The zero-order valence-electron chi connectivity index (χ0n) is 14.0. The van der Waals surface area contributed by atoms with Crippen LogP contribution in [0.4, 0.5) is 0 Å². The molecule has 5 heteroatoms. The van der Waals surface area contributed by atoms with E-state index in [0.717, 1.165) is 44.0 Å². The Labute approximate surface area is 142 Å². The van der Waals surface area contributed by atoms with E-state index in [1.165, 1.54) is 18.7 Å². The Morgan fingerprint density at radius 3 is 2.96 bits per heavy atom. The molecule has 1 aliphatic carbocycles. The third kappa shape index (κ3) is 3.50. The number of imidazole rings is 1. The van der Waals surface area contributed by atoms with Gasteiger partial charge in [0.2, 0.25) is 5.91 Å². The van der Waals surface area contributed by atoms with Crippen molar-refractivity contribution in [2.24, 2.45) is 5.92 Å². The van der Waals surface area contributed by atoms with Gasteiger partial charge in [-0.1, -0.05) is 6.07 Å². The van der Waals surface area contributed by atoms with Crippen LogP contribution < -0.4 is 0 Å². The number of hydrogen-bond acceptors (Lipinski definition) is 3. The molecule has 0 aromatic carbocycles. The summed E-state index contributed by atoms with van der Waals surface area (Å²) in [5.41, 5.74) is 0.986. The molecule has 0 N–H and O–H groups in total. The summed E-state index contributed by atoms with van der Waals surface area (Å²) in [5, 5.41) is 0. The number of pyridine rings is 1. The van der Waals surface area contributed by atoms with Gasteiger partial charge in [-0.15, -0.1) is 0 Å². The van der Waals surface area contributed by atoms with Crippen LogP contribution in [-0.4, -0.2) is 38.4 Å². The van der Waals surface area contributed by atoms with E-state index in [0.29, 0.717) is 12.3 Å². The number of aromatic nitrogens is 3. The lowest BCUT2D eigenvalue weighted by Crippen LogP contribution is -2.40. The Balaban J connectivity index is 1.42.